The van der Waals surface area contributed by atoms with Crippen molar-refractivity contribution in [1.82, 2.24) is 5.32 Å². The second-order valence-electron chi connectivity index (χ2n) is 6.92. The van der Waals surface area contributed by atoms with E-state index < -0.39 is 5.97 Å². The zero-order valence-electron chi connectivity index (χ0n) is 16.7. The Morgan fingerprint density at radius 1 is 1.00 bits per heavy atom. The fourth-order valence-corrected chi connectivity index (χ4v) is 3.43. The lowest BCUT2D eigenvalue weighted by atomic mass is 9.78. The van der Waals surface area contributed by atoms with Crippen LogP contribution in [0.2, 0.25) is 0 Å². The minimum atomic E-state index is -0.659. The molecule has 0 saturated heterocycles. The summed E-state index contributed by atoms with van der Waals surface area (Å²) < 4.78 is 20.8. The Labute approximate surface area is 160 Å². The first kappa shape index (κ1) is 20.9. The number of carbonyl (C=O) groups excluding carboxylic acids is 2. The van der Waals surface area contributed by atoms with E-state index in [0.717, 1.165) is 12.8 Å². The third-order valence-electron chi connectivity index (χ3n) is 5.31. The van der Waals surface area contributed by atoms with Gasteiger partial charge in [-0.2, -0.15) is 0 Å². The highest BCUT2D eigenvalue weighted by Crippen LogP contribution is 2.35. The summed E-state index contributed by atoms with van der Waals surface area (Å²) in [6.07, 6.45) is 3.23. The fourth-order valence-electron chi connectivity index (χ4n) is 3.43. The standard InChI is InChI=1S/C20H29NO6/c1-12-7-6-8-15(13(12)2)21-19(22)11-27-20(23)14-9-17(25-4)18(26-5)10-16(14)24-3/h9-10,12-13,15H,6-8,11H2,1-5H3,(H,21,22)/t12-,13-,15+/m0/s1. The number of ether oxygens (including phenoxy) is 4. The number of esters is 1. The van der Waals surface area contributed by atoms with Crippen LogP contribution in [-0.4, -0.2) is 45.9 Å². The summed E-state index contributed by atoms with van der Waals surface area (Å²) in [6.45, 7) is 4.01. The maximum atomic E-state index is 12.4. The maximum absolute atomic E-state index is 12.4. The van der Waals surface area contributed by atoms with E-state index in [2.05, 4.69) is 19.2 Å². The van der Waals surface area contributed by atoms with E-state index in [1.54, 1.807) is 6.07 Å². The number of amides is 1. The van der Waals surface area contributed by atoms with Crippen LogP contribution in [-0.2, 0) is 9.53 Å². The van der Waals surface area contributed by atoms with E-state index in [0.29, 0.717) is 23.3 Å². The van der Waals surface area contributed by atoms with E-state index in [1.165, 1.54) is 33.8 Å². The predicted molar refractivity (Wildman–Crippen MR) is 100 cm³/mol. The number of methoxy groups -OCH3 is 3. The number of carbonyl (C=O) groups is 2. The van der Waals surface area contributed by atoms with Crippen molar-refractivity contribution in [2.75, 3.05) is 27.9 Å². The number of benzene rings is 1. The molecule has 1 fully saturated rings. The zero-order valence-corrected chi connectivity index (χ0v) is 16.7. The van der Waals surface area contributed by atoms with Crippen LogP contribution in [0.5, 0.6) is 17.2 Å². The minimum Gasteiger partial charge on any atom is -0.496 e. The lowest BCUT2D eigenvalue weighted by molar-refractivity contribution is -0.125. The molecular formula is C20H29NO6. The van der Waals surface area contributed by atoms with E-state index in [4.69, 9.17) is 18.9 Å². The second-order valence-corrected chi connectivity index (χ2v) is 6.92. The van der Waals surface area contributed by atoms with Crippen molar-refractivity contribution < 1.29 is 28.5 Å². The Balaban J connectivity index is 1.99. The van der Waals surface area contributed by atoms with Crippen LogP contribution in [0.15, 0.2) is 12.1 Å². The van der Waals surface area contributed by atoms with E-state index in [1.807, 2.05) is 0 Å². The molecule has 0 heterocycles. The SMILES string of the molecule is COc1cc(OC)c(C(=O)OCC(=O)N[C@@H]2CCC[C@H](C)[C@@H]2C)cc1OC. The molecule has 7 heteroatoms. The zero-order chi connectivity index (χ0) is 20.0. The van der Waals surface area contributed by atoms with Crippen molar-refractivity contribution in [3.63, 3.8) is 0 Å². The van der Waals surface area contributed by atoms with Gasteiger partial charge in [0.15, 0.2) is 18.1 Å². The van der Waals surface area contributed by atoms with E-state index >= 15 is 0 Å². The lowest BCUT2D eigenvalue weighted by Crippen LogP contribution is -2.45. The molecule has 1 N–H and O–H groups in total. The topological polar surface area (TPSA) is 83.1 Å². The summed E-state index contributed by atoms with van der Waals surface area (Å²) in [4.78, 5) is 24.6. The van der Waals surface area contributed by atoms with Crippen molar-refractivity contribution in [2.24, 2.45) is 11.8 Å². The molecule has 0 aliphatic heterocycles. The van der Waals surface area contributed by atoms with E-state index in [-0.39, 0.29) is 29.9 Å². The Kier molecular flexibility index (Phi) is 7.33. The van der Waals surface area contributed by atoms with Crippen LogP contribution in [0.3, 0.4) is 0 Å². The Morgan fingerprint density at radius 2 is 1.63 bits per heavy atom. The van der Waals surface area contributed by atoms with Crippen LogP contribution in [0, 0.1) is 11.8 Å². The van der Waals surface area contributed by atoms with Gasteiger partial charge in [0.25, 0.3) is 5.91 Å². The molecule has 3 atom stereocenters. The summed E-state index contributed by atoms with van der Waals surface area (Å²) >= 11 is 0. The van der Waals surface area contributed by atoms with Gasteiger partial charge in [-0.15, -0.1) is 0 Å². The number of nitrogens with one attached hydrogen (secondary N) is 1. The molecule has 1 aliphatic rings. The molecule has 1 aromatic rings. The molecule has 150 valence electrons. The molecule has 1 aliphatic carbocycles. The summed E-state index contributed by atoms with van der Waals surface area (Å²) in [5.41, 5.74) is 0.169. The molecule has 2 rings (SSSR count). The van der Waals surface area contributed by atoms with Crippen molar-refractivity contribution >= 4 is 11.9 Å². The monoisotopic (exact) mass is 379 g/mol. The molecule has 1 amide bonds. The normalized spacial score (nSPS) is 21.9. The third-order valence-corrected chi connectivity index (χ3v) is 5.31. The Morgan fingerprint density at radius 3 is 2.26 bits per heavy atom. The van der Waals surface area contributed by atoms with Crippen LogP contribution in [0.1, 0.15) is 43.5 Å². The quantitative estimate of drug-likeness (QED) is 0.734. The van der Waals surface area contributed by atoms with Gasteiger partial charge in [0.05, 0.1) is 21.3 Å². The summed E-state index contributed by atoms with van der Waals surface area (Å²) in [6, 6.07) is 3.14. The maximum Gasteiger partial charge on any atom is 0.342 e. The van der Waals surface area contributed by atoms with Gasteiger partial charge < -0.3 is 24.3 Å². The fraction of sp³-hybridized carbons (Fsp3) is 0.600. The minimum absolute atomic E-state index is 0.121. The van der Waals surface area contributed by atoms with Gasteiger partial charge in [-0.05, 0) is 18.3 Å². The van der Waals surface area contributed by atoms with Gasteiger partial charge in [-0.3, -0.25) is 4.79 Å². The summed E-state index contributed by atoms with van der Waals surface area (Å²) in [5.74, 6) is 1.12. The van der Waals surface area contributed by atoms with Gasteiger partial charge in [-0.1, -0.05) is 26.7 Å². The van der Waals surface area contributed by atoms with Crippen molar-refractivity contribution in [3.05, 3.63) is 17.7 Å². The van der Waals surface area contributed by atoms with Crippen molar-refractivity contribution in [2.45, 2.75) is 39.2 Å². The van der Waals surface area contributed by atoms with Gasteiger partial charge in [0.1, 0.15) is 11.3 Å². The van der Waals surface area contributed by atoms with Gasteiger partial charge in [0.2, 0.25) is 0 Å². The molecule has 0 spiro atoms. The smallest absolute Gasteiger partial charge is 0.342 e. The molecule has 0 radical (unpaired) electrons. The predicted octanol–water partition coefficient (Wildman–Crippen LogP) is 2.81. The molecule has 1 aromatic carbocycles. The molecule has 27 heavy (non-hydrogen) atoms. The first-order valence-electron chi connectivity index (χ1n) is 9.17. The first-order valence-corrected chi connectivity index (χ1v) is 9.17. The Hall–Kier alpha value is -2.44. The highest BCUT2D eigenvalue weighted by molar-refractivity contribution is 5.95. The number of rotatable bonds is 7. The molecular weight excluding hydrogens is 350 g/mol. The van der Waals surface area contributed by atoms with E-state index in [9.17, 15) is 9.59 Å². The van der Waals surface area contributed by atoms with Crippen LogP contribution in [0.25, 0.3) is 0 Å². The van der Waals surface area contributed by atoms with Crippen LogP contribution in [0.4, 0.5) is 0 Å². The highest BCUT2D eigenvalue weighted by Gasteiger charge is 2.28. The molecule has 7 nitrogen and oxygen atoms in total. The van der Waals surface area contributed by atoms with Crippen molar-refractivity contribution in [1.29, 1.82) is 0 Å². The van der Waals surface area contributed by atoms with Gasteiger partial charge in [-0.25, -0.2) is 4.79 Å². The lowest BCUT2D eigenvalue weighted by Gasteiger charge is -2.34. The molecule has 0 aromatic heterocycles. The molecule has 0 unspecified atom stereocenters. The molecule has 0 bridgehead atoms. The van der Waals surface area contributed by atoms with Gasteiger partial charge >= 0.3 is 5.97 Å². The second kappa shape index (κ2) is 9.48. The van der Waals surface area contributed by atoms with Crippen LogP contribution >= 0.6 is 0 Å². The van der Waals surface area contributed by atoms with Crippen LogP contribution < -0.4 is 19.5 Å². The Bertz CT molecular complexity index is 675. The van der Waals surface area contributed by atoms with Crippen molar-refractivity contribution in [3.8, 4) is 17.2 Å². The molecule has 1 saturated carbocycles. The average molecular weight is 379 g/mol. The number of hydrogen-bond acceptors (Lipinski definition) is 6. The number of hydrogen-bond donors (Lipinski definition) is 1. The first-order chi connectivity index (χ1) is 12.9. The van der Waals surface area contributed by atoms with Gasteiger partial charge in [0, 0.05) is 18.2 Å². The highest BCUT2D eigenvalue weighted by atomic mass is 16.5. The third kappa shape index (κ3) is 5.05. The summed E-state index contributed by atoms with van der Waals surface area (Å²) in [5, 5.41) is 2.98. The summed E-state index contributed by atoms with van der Waals surface area (Å²) in [7, 11) is 4.41. The largest absolute Gasteiger partial charge is 0.496 e. The average Bonchev–Trinajstić information content (AvgIpc) is 2.68.